The van der Waals surface area contributed by atoms with Crippen LogP contribution in [0.1, 0.15) is 120 Å². The molecule has 33 heavy (non-hydrogen) atoms. The van der Waals surface area contributed by atoms with E-state index in [0.29, 0.717) is 0 Å². The molecule has 2 aromatic carbocycles. The quantitative estimate of drug-likeness (QED) is 0.0918. The molecular weight excluding hydrogens is 416 g/mol. The summed E-state index contributed by atoms with van der Waals surface area (Å²) in [6.07, 6.45) is 24.6. The fraction of sp³-hybridized carbons (Fsp3) is 0.531. The Bertz CT molecular complexity index is 800. The molecule has 0 N–H and O–H groups in total. The van der Waals surface area contributed by atoms with Gasteiger partial charge in [0.25, 0.3) is 0 Å². The zero-order chi connectivity index (χ0) is 23.6. The van der Waals surface area contributed by atoms with Crippen molar-refractivity contribution in [1.29, 1.82) is 0 Å². The average Bonchev–Trinajstić information content (AvgIpc) is 2.84. The van der Waals surface area contributed by atoms with E-state index in [1.165, 1.54) is 100 Å². The molecule has 0 fully saturated rings. The lowest BCUT2D eigenvalue weighted by Gasteiger charge is -2.06. The van der Waals surface area contributed by atoms with Gasteiger partial charge in [0.15, 0.2) is 0 Å². The highest BCUT2D eigenvalue weighted by atomic mass is 32.1. The number of unbranched alkanes of at least 4 members (excludes halogenated alkanes) is 11. The van der Waals surface area contributed by atoms with Crippen LogP contribution < -0.4 is 0 Å². The van der Waals surface area contributed by atoms with Crippen LogP contribution in [0.3, 0.4) is 0 Å². The summed E-state index contributed by atoms with van der Waals surface area (Å²) in [4.78, 5) is 0.915. The monoisotopic (exact) mass is 462 g/mol. The van der Waals surface area contributed by atoms with Crippen molar-refractivity contribution in [2.75, 3.05) is 0 Å². The van der Waals surface area contributed by atoms with Gasteiger partial charge in [0.05, 0.1) is 0 Å². The van der Waals surface area contributed by atoms with Gasteiger partial charge < -0.3 is 0 Å². The summed E-state index contributed by atoms with van der Waals surface area (Å²) in [5, 5.41) is 0. The van der Waals surface area contributed by atoms with E-state index in [4.69, 9.17) is 12.2 Å². The van der Waals surface area contributed by atoms with Gasteiger partial charge in [0, 0.05) is 4.86 Å². The lowest BCUT2D eigenvalue weighted by atomic mass is 10.0. The Kier molecular flexibility index (Phi) is 14.8. The van der Waals surface area contributed by atoms with Crippen molar-refractivity contribution in [3.63, 3.8) is 0 Å². The van der Waals surface area contributed by atoms with Crippen LogP contribution >= 0.6 is 12.2 Å². The summed E-state index contributed by atoms with van der Waals surface area (Å²) in [5.74, 6) is 0. The summed E-state index contributed by atoms with van der Waals surface area (Å²) in [6, 6.07) is 17.5. The van der Waals surface area contributed by atoms with Gasteiger partial charge in [-0.05, 0) is 47.6 Å². The summed E-state index contributed by atoms with van der Waals surface area (Å²) < 4.78 is 0. The molecule has 180 valence electrons. The zero-order valence-corrected chi connectivity index (χ0v) is 22.1. The molecule has 0 unspecified atom stereocenters. The fourth-order valence-electron chi connectivity index (χ4n) is 4.46. The number of allylic oxidation sites excluding steroid dienone is 1. The molecule has 0 heterocycles. The molecule has 0 aliphatic rings. The standard InChI is InChI=1S/C32H46S/c1-3-5-6-7-8-9-10-11-12-13-14-15-19-28-22-24-31(25-23-28)32(33)27-26-30-21-17-16-20-29(30)18-4-2/h16-17,20-27H,3-15,18-19H2,1-2H3. The van der Waals surface area contributed by atoms with Gasteiger partial charge >= 0.3 is 0 Å². The second-order valence-electron chi connectivity index (χ2n) is 9.48. The minimum absolute atomic E-state index is 0.915. The largest absolute Gasteiger partial charge is 0.0795 e. The molecule has 0 aromatic heterocycles. The van der Waals surface area contributed by atoms with Gasteiger partial charge in [-0.1, -0.05) is 158 Å². The third-order valence-electron chi connectivity index (χ3n) is 6.55. The first kappa shape index (κ1) is 27.5. The summed E-state index contributed by atoms with van der Waals surface area (Å²) in [6.45, 7) is 4.52. The van der Waals surface area contributed by atoms with Crippen molar-refractivity contribution in [1.82, 2.24) is 0 Å². The third-order valence-corrected chi connectivity index (χ3v) is 6.92. The Morgan fingerprint density at radius 2 is 1.21 bits per heavy atom. The molecule has 0 atom stereocenters. The van der Waals surface area contributed by atoms with Gasteiger partial charge in [0.2, 0.25) is 0 Å². The van der Waals surface area contributed by atoms with Crippen molar-refractivity contribution >= 4 is 23.2 Å². The van der Waals surface area contributed by atoms with Crippen molar-refractivity contribution < 1.29 is 0 Å². The number of thiocarbonyl (C=S) groups is 1. The van der Waals surface area contributed by atoms with E-state index >= 15 is 0 Å². The van der Waals surface area contributed by atoms with Gasteiger partial charge in [-0.2, -0.15) is 0 Å². The number of benzene rings is 2. The predicted molar refractivity (Wildman–Crippen MR) is 152 cm³/mol. The van der Waals surface area contributed by atoms with Crippen LogP contribution in [0.5, 0.6) is 0 Å². The Morgan fingerprint density at radius 3 is 1.82 bits per heavy atom. The Balaban J connectivity index is 1.61. The molecule has 0 radical (unpaired) electrons. The third kappa shape index (κ3) is 11.8. The van der Waals surface area contributed by atoms with Crippen molar-refractivity contribution in [3.05, 3.63) is 76.9 Å². The van der Waals surface area contributed by atoms with E-state index in [1.807, 2.05) is 0 Å². The number of hydrogen-bond donors (Lipinski definition) is 0. The topological polar surface area (TPSA) is 0 Å². The second-order valence-corrected chi connectivity index (χ2v) is 9.92. The molecule has 0 saturated carbocycles. The zero-order valence-electron chi connectivity index (χ0n) is 21.3. The van der Waals surface area contributed by atoms with E-state index < -0.39 is 0 Å². The van der Waals surface area contributed by atoms with E-state index in [2.05, 4.69) is 74.5 Å². The highest BCUT2D eigenvalue weighted by Gasteiger charge is 2.01. The van der Waals surface area contributed by atoms with Crippen LogP contribution in [0.2, 0.25) is 0 Å². The van der Waals surface area contributed by atoms with Crippen molar-refractivity contribution in [3.8, 4) is 0 Å². The molecule has 0 saturated heterocycles. The molecule has 2 aromatic rings. The van der Waals surface area contributed by atoms with Gasteiger partial charge in [0.1, 0.15) is 0 Å². The number of rotatable bonds is 18. The SMILES string of the molecule is CCCCCCCCCCCCCCc1ccc(C(=S)C=Cc2ccccc2CCC)cc1. The van der Waals surface area contributed by atoms with E-state index in [9.17, 15) is 0 Å². The molecule has 0 amide bonds. The van der Waals surface area contributed by atoms with Crippen LogP contribution in [0.15, 0.2) is 54.6 Å². The number of hydrogen-bond acceptors (Lipinski definition) is 1. The fourth-order valence-corrected chi connectivity index (χ4v) is 4.67. The maximum atomic E-state index is 5.68. The highest BCUT2D eigenvalue weighted by Crippen LogP contribution is 2.16. The first-order chi connectivity index (χ1) is 16.2. The van der Waals surface area contributed by atoms with Crippen molar-refractivity contribution in [2.24, 2.45) is 0 Å². The maximum Gasteiger partial charge on any atom is 0.0449 e. The summed E-state index contributed by atoms with van der Waals surface area (Å²) >= 11 is 5.68. The van der Waals surface area contributed by atoms with Crippen molar-refractivity contribution in [2.45, 2.75) is 110 Å². The smallest absolute Gasteiger partial charge is 0.0449 e. The molecule has 2 rings (SSSR count). The molecular formula is C32H46S. The predicted octanol–water partition coefficient (Wildman–Crippen LogP) is 10.3. The molecule has 0 bridgehead atoms. The lowest BCUT2D eigenvalue weighted by Crippen LogP contribution is -1.94. The minimum atomic E-state index is 0.915. The minimum Gasteiger partial charge on any atom is -0.0795 e. The Hall–Kier alpha value is -1.73. The van der Waals surface area contributed by atoms with Crippen LogP contribution in [0.25, 0.3) is 6.08 Å². The number of aryl methyl sites for hydroxylation is 2. The van der Waals surface area contributed by atoms with E-state index in [1.54, 1.807) is 0 Å². The van der Waals surface area contributed by atoms with Gasteiger partial charge in [-0.3, -0.25) is 0 Å². The summed E-state index contributed by atoms with van der Waals surface area (Å²) in [5.41, 5.74) is 5.26. The van der Waals surface area contributed by atoms with Crippen LogP contribution in [0.4, 0.5) is 0 Å². The average molecular weight is 463 g/mol. The molecule has 0 spiro atoms. The Labute approximate surface area is 209 Å². The molecule has 1 heteroatoms. The van der Waals surface area contributed by atoms with Crippen LogP contribution in [-0.2, 0) is 12.8 Å². The first-order valence-electron chi connectivity index (χ1n) is 13.6. The molecule has 0 nitrogen and oxygen atoms in total. The van der Waals surface area contributed by atoms with E-state index in [-0.39, 0.29) is 0 Å². The second kappa shape index (κ2) is 17.7. The van der Waals surface area contributed by atoms with Crippen LogP contribution in [-0.4, -0.2) is 4.86 Å². The van der Waals surface area contributed by atoms with Gasteiger partial charge in [-0.25, -0.2) is 0 Å². The van der Waals surface area contributed by atoms with Crippen LogP contribution in [0, 0.1) is 0 Å². The molecule has 0 aliphatic carbocycles. The summed E-state index contributed by atoms with van der Waals surface area (Å²) in [7, 11) is 0. The first-order valence-corrected chi connectivity index (χ1v) is 14.0. The van der Waals surface area contributed by atoms with Gasteiger partial charge in [-0.15, -0.1) is 0 Å². The molecule has 0 aliphatic heterocycles. The van der Waals surface area contributed by atoms with E-state index in [0.717, 1.165) is 23.3 Å². The Morgan fingerprint density at radius 1 is 0.636 bits per heavy atom. The highest BCUT2D eigenvalue weighted by molar-refractivity contribution is 7.81. The lowest BCUT2D eigenvalue weighted by molar-refractivity contribution is 0.544. The normalized spacial score (nSPS) is 11.3. The maximum absolute atomic E-state index is 5.68.